The number of likely N-dealkylation sites (N-methyl/N-ethyl adjacent to an activating group) is 1. The first-order valence-electron chi connectivity index (χ1n) is 10.2. The average molecular weight is 526 g/mol. The number of hydrogen-bond acceptors (Lipinski definition) is 10. The van der Waals surface area contributed by atoms with Gasteiger partial charge in [0.2, 0.25) is 5.91 Å². The van der Waals surface area contributed by atoms with Gasteiger partial charge in [0.25, 0.3) is 0 Å². The number of phenols is 1. The number of nitrogens with zero attached hydrogens (tertiary/aromatic N) is 1. The summed E-state index contributed by atoms with van der Waals surface area (Å²) in [6, 6.07) is 0.303. The molecule has 1 aromatic carbocycles. The molecule has 178 valence electrons. The molecule has 3 aliphatic carbocycles. The van der Waals surface area contributed by atoms with E-state index >= 15 is 0 Å². The van der Waals surface area contributed by atoms with Crippen LogP contribution in [0.15, 0.2) is 10.5 Å². The van der Waals surface area contributed by atoms with Crippen LogP contribution in [0.5, 0.6) is 5.75 Å². The number of halogens is 1. The van der Waals surface area contributed by atoms with E-state index in [1.54, 1.807) is 0 Å². The molecule has 12 heteroatoms. The Morgan fingerprint density at radius 1 is 1.18 bits per heavy atom. The normalized spacial score (nSPS) is 38.0. The predicted octanol–water partition coefficient (Wildman–Crippen LogP) is -2.03. The van der Waals surface area contributed by atoms with Crippen LogP contribution in [0, 0.1) is 23.7 Å². The zero-order valence-corrected chi connectivity index (χ0v) is 19.3. The van der Waals surface area contributed by atoms with Gasteiger partial charge in [-0.25, -0.2) is 0 Å². The molecule has 8 atom stereocenters. The zero-order chi connectivity index (χ0) is 24.7. The van der Waals surface area contributed by atoms with Gasteiger partial charge in [0.05, 0.1) is 29.4 Å². The molecule has 0 spiro atoms. The Morgan fingerprint density at radius 3 is 2.33 bits per heavy atom. The number of primary amides is 1. The maximum Gasteiger partial charge on any atom is 0.230 e. The predicted molar refractivity (Wildman–Crippen MR) is 116 cm³/mol. The Bertz CT molecular complexity index is 1110. The first kappa shape index (κ1) is 23.8. The summed E-state index contributed by atoms with van der Waals surface area (Å²) in [5.74, 6) is -11.4. The van der Waals surface area contributed by atoms with Gasteiger partial charge in [-0.15, -0.1) is 0 Å². The number of nitrogen functional groups attached to an aromatic ring is 1. The molecule has 0 aromatic heterocycles. The number of Topliss-reactive ketones (excluding diaryl/α,β-unsaturated/α-hetero) is 3. The lowest BCUT2D eigenvalue weighted by Gasteiger charge is -2.56. The smallest absolute Gasteiger partial charge is 0.230 e. The largest absolute Gasteiger partial charge is 0.505 e. The highest BCUT2D eigenvalue weighted by Crippen LogP contribution is 2.52. The molecule has 4 rings (SSSR count). The fraction of sp³-hybridized carbons (Fsp3) is 0.524. The molecule has 0 heterocycles. The van der Waals surface area contributed by atoms with E-state index < -0.39 is 76.5 Å². The van der Waals surface area contributed by atoms with Crippen LogP contribution in [0.2, 0.25) is 0 Å². The van der Waals surface area contributed by atoms with Crippen LogP contribution < -0.4 is 11.5 Å². The summed E-state index contributed by atoms with van der Waals surface area (Å²) in [5, 5.41) is 44.1. The topological polar surface area (TPSA) is 204 Å². The molecular formula is C21H24BrN3O8. The molecule has 0 saturated heterocycles. The van der Waals surface area contributed by atoms with E-state index in [4.69, 9.17) is 11.5 Å². The second kappa shape index (κ2) is 7.57. The van der Waals surface area contributed by atoms with Gasteiger partial charge in [0.1, 0.15) is 5.92 Å². The van der Waals surface area contributed by atoms with Crippen molar-refractivity contribution in [2.45, 2.75) is 30.3 Å². The number of amides is 1. The SMILES string of the molecule is CN(C)[C@H]1C(O)C(C(N)=O)C(=O)[C@]2(O)C(=O)C3C(=O)c4c(cc(Br)c(N)c4O)C[C@@H]3[C@@H](O)[C@H]12. The van der Waals surface area contributed by atoms with Crippen molar-refractivity contribution in [1.29, 1.82) is 0 Å². The first-order chi connectivity index (χ1) is 15.3. The fourth-order valence-electron chi connectivity index (χ4n) is 5.87. The number of aromatic hydroxyl groups is 1. The summed E-state index contributed by atoms with van der Waals surface area (Å²) in [4.78, 5) is 53.6. The van der Waals surface area contributed by atoms with Crippen LogP contribution in [0.25, 0.3) is 0 Å². The van der Waals surface area contributed by atoms with E-state index in [1.807, 2.05) is 0 Å². The Labute approximate surface area is 196 Å². The minimum Gasteiger partial charge on any atom is -0.505 e. The highest BCUT2D eigenvalue weighted by Gasteiger charge is 2.72. The summed E-state index contributed by atoms with van der Waals surface area (Å²) in [6.45, 7) is 0. The van der Waals surface area contributed by atoms with E-state index in [0.717, 1.165) is 0 Å². The number of phenolic OH excluding ortho intramolecular Hbond substituents is 1. The lowest BCUT2D eigenvalue weighted by atomic mass is 9.51. The van der Waals surface area contributed by atoms with Crippen LogP contribution >= 0.6 is 15.9 Å². The summed E-state index contributed by atoms with van der Waals surface area (Å²) < 4.78 is 0.317. The molecule has 11 nitrogen and oxygen atoms in total. The van der Waals surface area contributed by atoms with E-state index in [0.29, 0.717) is 10.0 Å². The van der Waals surface area contributed by atoms with E-state index in [9.17, 15) is 39.6 Å². The van der Waals surface area contributed by atoms with Crippen LogP contribution in [-0.4, -0.2) is 86.5 Å². The zero-order valence-electron chi connectivity index (χ0n) is 17.7. The van der Waals surface area contributed by atoms with E-state index in [2.05, 4.69) is 15.9 Å². The monoisotopic (exact) mass is 525 g/mol. The van der Waals surface area contributed by atoms with Crippen LogP contribution in [0.4, 0.5) is 5.69 Å². The van der Waals surface area contributed by atoms with Crippen molar-refractivity contribution in [1.82, 2.24) is 4.90 Å². The number of ketones is 3. The summed E-state index contributed by atoms with van der Waals surface area (Å²) in [7, 11) is 2.98. The number of benzene rings is 1. The second-order valence-corrected chi connectivity index (χ2v) is 10.1. The van der Waals surface area contributed by atoms with Gasteiger partial charge in [-0.3, -0.25) is 19.2 Å². The third-order valence-electron chi connectivity index (χ3n) is 7.35. The van der Waals surface area contributed by atoms with Gasteiger partial charge in [-0.2, -0.15) is 0 Å². The van der Waals surface area contributed by atoms with Crippen molar-refractivity contribution in [3.8, 4) is 5.75 Å². The molecule has 8 N–H and O–H groups in total. The fourth-order valence-corrected chi connectivity index (χ4v) is 6.33. The summed E-state index contributed by atoms with van der Waals surface area (Å²) in [5.41, 5.74) is 8.14. The van der Waals surface area contributed by atoms with Gasteiger partial charge >= 0.3 is 0 Å². The molecule has 3 aliphatic rings. The summed E-state index contributed by atoms with van der Waals surface area (Å²) >= 11 is 3.19. The van der Waals surface area contributed by atoms with E-state index in [-0.39, 0.29) is 17.7 Å². The Morgan fingerprint density at radius 2 is 1.79 bits per heavy atom. The number of nitrogens with two attached hydrogens (primary N) is 2. The molecule has 0 bridgehead atoms. The number of anilines is 1. The van der Waals surface area contributed by atoms with Crippen LogP contribution in [-0.2, 0) is 20.8 Å². The third kappa shape index (κ3) is 2.94. The quantitative estimate of drug-likeness (QED) is 0.142. The number of carbonyl (C=O) groups is 4. The molecule has 0 aliphatic heterocycles. The van der Waals surface area contributed by atoms with Gasteiger partial charge in [-0.1, -0.05) is 0 Å². The van der Waals surface area contributed by atoms with Crippen molar-refractivity contribution in [3.63, 3.8) is 0 Å². The molecule has 1 aromatic rings. The Hall–Kier alpha value is -2.38. The van der Waals surface area contributed by atoms with Crippen molar-refractivity contribution in [2.75, 3.05) is 19.8 Å². The third-order valence-corrected chi connectivity index (χ3v) is 8.01. The van der Waals surface area contributed by atoms with Gasteiger partial charge in [0.15, 0.2) is 28.7 Å². The standard InChI is InChI=1S/C21H24BrN3O8/c1-25(2)13-11-14(26)6-3-5-4-7(22)12(23)16(28)8(5)15(27)9(6)18(30)21(11,33)19(31)10(17(13)29)20(24)32/h4,6,9-11,13-14,17,26,28-29,33H,3,23H2,1-2H3,(H2,24,32)/t6-,9?,10?,11-,13+,14+,17?,21+/m0/s1. The number of rotatable bonds is 2. The van der Waals surface area contributed by atoms with Crippen molar-refractivity contribution in [2.24, 2.45) is 29.4 Å². The van der Waals surface area contributed by atoms with Crippen molar-refractivity contribution in [3.05, 3.63) is 21.7 Å². The Kier molecular flexibility index (Phi) is 5.45. The Balaban J connectivity index is 1.93. The van der Waals surface area contributed by atoms with Crippen molar-refractivity contribution >= 4 is 44.9 Å². The van der Waals surface area contributed by atoms with Gasteiger partial charge in [0, 0.05) is 22.4 Å². The molecule has 1 amide bonds. The average Bonchev–Trinajstić information content (AvgIpc) is 2.71. The lowest BCUT2D eigenvalue weighted by molar-refractivity contribution is -0.207. The number of aliphatic hydroxyl groups excluding tert-OH is 2. The molecule has 2 saturated carbocycles. The minimum absolute atomic E-state index is 0.0403. The number of fused-ring (bicyclic) bond motifs is 3. The van der Waals surface area contributed by atoms with Gasteiger partial charge in [-0.05, 0) is 48.1 Å². The highest BCUT2D eigenvalue weighted by atomic mass is 79.9. The molecule has 0 radical (unpaired) electrons. The molecule has 3 unspecified atom stereocenters. The maximum atomic E-state index is 13.6. The lowest BCUT2D eigenvalue weighted by Crippen LogP contribution is -2.78. The molecule has 33 heavy (non-hydrogen) atoms. The maximum absolute atomic E-state index is 13.6. The van der Waals surface area contributed by atoms with E-state index in [1.165, 1.54) is 25.1 Å². The number of aliphatic hydroxyl groups is 3. The van der Waals surface area contributed by atoms with Crippen molar-refractivity contribution < 1.29 is 39.6 Å². The first-order valence-corrected chi connectivity index (χ1v) is 11.0. The second-order valence-electron chi connectivity index (χ2n) is 9.20. The van der Waals surface area contributed by atoms with Gasteiger partial charge < -0.3 is 36.8 Å². The van der Waals surface area contributed by atoms with Crippen LogP contribution in [0.1, 0.15) is 15.9 Å². The number of carbonyl (C=O) groups excluding carboxylic acids is 4. The molecule has 2 fully saturated rings. The minimum atomic E-state index is -2.95. The highest BCUT2D eigenvalue weighted by molar-refractivity contribution is 9.10. The van der Waals surface area contributed by atoms with Crippen LogP contribution in [0.3, 0.4) is 0 Å². The number of hydrogen-bond donors (Lipinski definition) is 6. The molecular weight excluding hydrogens is 502 g/mol. The summed E-state index contributed by atoms with van der Waals surface area (Å²) in [6.07, 6.45) is -3.33.